The minimum Gasteiger partial charge on any atom is -0.484 e. The van der Waals surface area contributed by atoms with E-state index in [1.165, 1.54) is 0 Å². The normalized spacial score (nSPS) is 16.2. The van der Waals surface area contributed by atoms with E-state index in [-0.39, 0.29) is 24.5 Å². The first-order chi connectivity index (χ1) is 14.6. The molecule has 0 spiro atoms. The summed E-state index contributed by atoms with van der Waals surface area (Å²) < 4.78 is 10.8. The number of rotatable bonds is 8. The van der Waals surface area contributed by atoms with Gasteiger partial charge in [0.05, 0.1) is 12.2 Å². The Morgan fingerprint density at radius 3 is 2.57 bits per heavy atom. The van der Waals surface area contributed by atoms with Gasteiger partial charge in [0.2, 0.25) is 0 Å². The quantitative estimate of drug-likeness (QED) is 0.650. The van der Waals surface area contributed by atoms with Crippen molar-refractivity contribution >= 4 is 23.5 Å². The molecule has 0 radical (unpaired) electrons. The van der Waals surface area contributed by atoms with Crippen molar-refractivity contribution in [2.24, 2.45) is 0 Å². The highest BCUT2D eigenvalue weighted by Gasteiger charge is 2.27. The molecule has 1 unspecified atom stereocenters. The molecule has 3 rings (SSSR count). The molecule has 1 amide bonds. The van der Waals surface area contributed by atoms with Crippen molar-refractivity contribution in [2.75, 3.05) is 32.8 Å². The molecule has 1 fully saturated rings. The highest BCUT2D eigenvalue weighted by Crippen LogP contribution is 2.16. The number of piperazine rings is 1. The number of esters is 1. The zero-order valence-corrected chi connectivity index (χ0v) is 17.9. The fourth-order valence-corrected chi connectivity index (χ4v) is 3.48. The van der Waals surface area contributed by atoms with Gasteiger partial charge in [0.15, 0.2) is 6.61 Å². The number of hydrogen-bond acceptors (Lipinski definition) is 5. The third kappa shape index (κ3) is 6.21. The molecule has 1 saturated heterocycles. The van der Waals surface area contributed by atoms with Crippen LogP contribution in [0.4, 0.5) is 0 Å². The number of carbonyl (C=O) groups is 2. The van der Waals surface area contributed by atoms with Gasteiger partial charge in [0.1, 0.15) is 5.75 Å². The van der Waals surface area contributed by atoms with E-state index in [0.717, 1.165) is 31.5 Å². The zero-order valence-electron chi connectivity index (χ0n) is 17.1. The van der Waals surface area contributed by atoms with Crippen molar-refractivity contribution < 1.29 is 19.1 Å². The van der Waals surface area contributed by atoms with Crippen molar-refractivity contribution in [2.45, 2.75) is 25.8 Å². The third-order valence-corrected chi connectivity index (χ3v) is 5.20. The smallest absolute Gasteiger partial charge is 0.338 e. The first kappa shape index (κ1) is 22.1. The lowest BCUT2D eigenvalue weighted by Gasteiger charge is -2.36. The molecule has 2 aromatic carbocycles. The van der Waals surface area contributed by atoms with Crippen LogP contribution in [0.3, 0.4) is 0 Å². The first-order valence-corrected chi connectivity index (χ1v) is 10.6. The van der Waals surface area contributed by atoms with Gasteiger partial charge in [-0.1, -0.05) is 30.7 Å². The monoisotopic (exact) mass is 430 g/mol. The molecule has 1 atom stereocenters. The van der Waals surface area contributed by atoms with Crippen LogP contribution in [0.1, 0.15) is 29.3 Å². The Kier molecular flexibility index (Phi) is 8.11. The van der Waals surface area contributed by atoms with Crippen LogP contribution >= 0.6 is 11.6 Å². The lowest BCUT2D eigenvalue weighted by Crippen LogP contribution is -2.55. The maximum absolute atomic E-state index is 12.8. The zero-order chi connectivity index (χ0) is 21.3. The van der Waals surface area contributed by atoms with E-state index in [1.807, 2.05) is 36.1 Å². The molecule has 7 heteroatoms. The minimum absolute atomic E-state index is 0.0449. The third-order valence-electron chi connectivity index (χ3n) is 4.94. The molecule has 0 saturated carbocycles. The molecule has 0 aromatic heterocycles. The van der Waals surface area contributed by atoms with Gasteiger partial charge >= 0.3 is 5.97 Å². The van der Waals surface area contributed by atoms with Gasteiger partial charge in [-0.2, -0.15) is 0 Å². The van der Waals surface area contributed by atoms with Crippen molar-refractivity contribution in [3.05, 3.63) is 64.7 Å². The molecule has 6 nitrogen and oxygen atoms in total. The van der Waals surface area contributed by atoms with E-state index in [0.29, 0.717) is 29.5 Å². The second-order valence-corrected chi connectivity index (χ2v) is 7.66. The van der Waals surface area contributed by atoms with Gasteiger partial charge in [-0.15, -0.1) is 0 Å². The molecule has 1 N–H and O–H groups in total. The molecule has 160 valence electrons. The molecule has 2 aromatic rings. The van der Waals surface area contributed by atoms with Crippen LogP contribution in [0.25, 0.3) is 0 Å². The molecule has 30 heavy (non-hydrogen) atoms. The summed E-state index contributed by atoms with van der Waals surface area (Å²) in [6.07, 6.45) is 1.53. The maximum atomic E-state index is 12.8. The molecule has 1 heterocycles. The van der Waals surface area contributed by atoms with Crippen LogP contribution < -0.4 is 10.1 Å². The minimum atomic E-state index is -0.356. The fraction of sp³-hybridized carbons (Fsp3) is 0.391. The van der Waals surface area contributed by atoms with Crippen molar-refractivity contribution in [3.8, 4) is 5.75 Å². The Labute approximate surface area is 182 Å². The highest BCUT2D eigenvalue weighted by atomic mass is 35.5. The maximum Gasteiger partial charge on any atom is 0.338 e. The van der Waals surface area contributed by atoms with E-state index >= 15 is 0 Å². The molecular formula is C23H27ClN2O4. The van der Waals surface area contributed by atoms with Crippen LogP contribution in [0.5, 0.6) is 5.75 Å². The van der Waals surface area contributed by atoms with Crippen LogP contribution in [0.2, 0.25) is 5.02 Å². The molecule has 1 aliphatic heterocycles. The van der Waals surface area contributed by atoms with E-state index in [9.17, 15) is 9.59 Å². The summed E-state index contributed by atoms with van der Waals surface area (Å²) >= 11 is 5.96. The number of benzene rings is 2. The van der Waals surface area contributed by atoms with Crippen LogP contribution in [-0.2, 0) is 16.0 Å². The lowest BCUT2D eigenvalue weighted by molar-refractivity contribution is -0.136. The van der Waals surface area contributed by atoms with Gasteiger partial charge in [-0.05, 0) is 54.8 Å². The number of carbonyl (C=O) groups excluding carboxylic acids is 2. The standard InChI is InChI=1S/C23H27ClN2O4/c1-2-13-29-23(28)18-5-9-21(10-6-18)30-16-22(27)26-12-11-25-15-20(26)14-17-3-7-19(24)8-4-17/h3-10,20,25H,2,11-16H2,1H3. The number of nitrogens with zero attached hydrogens (tertiary/aromatic N) is 1. The van der Waals surface area contributed by atoms with Crippen LogP contribution in [0.15, 0.2) is 48.5 Å². The van der Waals surface area contributed by atoms with Crippen molar-refractivity contribution in [1.29, 1.82) is 0 Å². The summed E-state index contributed by atoms with van der Waals surface area (Å²) in [6.45, 7) is 4.44. The summed E-state index contributed by atoms with van der Waals surface area (Å²) in [6, 6.07) is 14.4. The summed E-state index contributed by atoms with van der Waals surface area (Å²) in [4.78, 5) is 26.5. The molecule has 1 aliphatic rings. The number of halogens is 1. The fourth-order valence-electron chi connectivity index (χ4n) is 3.36. The number of hydrogen-bond donors (Lipinski definition) is 1. The van der Waals surface area contributed by atoms with Crippen molar-refractivity contribution in [1.82, 2.24) is 10.2 Å². The molecule has 0 bridgehead atoms. The van der Waals surface area contributed by atoms with Gasteiger partial charge in [0.25, 0.3) is 5.91 Å². The molecular weight excluding hydrogens is 404 g/mol. The largest absolute Gasteiger partial charge is 0.484 e. The Morgan fingerprint density at radius 2 is 1.87 bits per heavy atom. The van der Waals surface area contributed by atoms with Crippen LogP contribution in [-0.4, -0.2) is 55.7 Å². The number of ether oxygens (including phenoxy) is 2. The predicted molar refractivity (Wildman–Crippen MR) is 116 cm³/mol. The van der Waals surface area contributed by atoms with Crippen LogP contribution in [0, 0.1) is 0 Å². The van der Waals surface area contributed by atoms with E-state index in [2.05, 4.69) is 5.32 Å². The Hall–Kier alpha value is -2.57. The van der Waals surface area contributed by atoms with E-state index < -0.39 is 0 Å². The molecule has 0 aliphatic carbocycles. The SMILES string of the molecule is CCCOC(=O)c1ccc(OCC(=O)N2CCNCC2Cc2ccc(Cl)cc2)cc1. The predicted octanol–water partition coefficient (Wildman–Crippen LogP) is 3.33. The Balaban J connectivity index is 1.54. The second kappa shape index (κ2) is 11.0. The Bertz CT molecular complexity index is 839. The number of amides is 1. The summed E-state index contributed by atoms with van der Waals surface area (Å²) in [7, 11) is 0. The Morgan fingerprint density at radius 1 is 1.13 bits per heavy atom. The van der Waals surface area contributed by atoms with E-state index in [4.69, 9.17) is 21.1 Å². The van der Waals surface area contributed by atoms with Gasteiger partial charge in [0, 0.05) is 30.7 Å². The van der Waals surface area contributed by atoms with E-state index in [1.54, 1.807) is 24.3 Å². The summed E-state index contributed by atoms with van der Waals surface area (Å²) in [5.41, 5.74) is 1.60. The van der Waals surface area contributed by atoms with Gasteiger partial charge in [-0.3, -0.25) is 4.79 Å². The highest BCUT2D eigenvalue weighted by molar-refractivity contribution is 6.30. The average molecular weight is 431 g/mol. The summed E-state index contributed by atoms with van der Waals surface area (Å²) in [5.74, 6) is 0.131. The van der Waals surface area contributed by atoms with Crippen molar-refractivity contribution in [3.63, 3.8) is 0 Å². The second-order valence-electron chi connectivity index (χ2n) is 7.22. The average Bonchev–Trinajstić information content (AvgIpc) is 2.78. The van der Waals surface area contributed by atoms with Gasteiger partial charge in [-0.25, -0.2) is 4.79 Å². The lowest BCUT2D eigenvalue weighted by atomic mass is 10.0. The topological polar surface area (TPSA) is 67.9 Å². The summed E-state index contributed by atoms with van der Waals surface area (Å²) in [5, 5.41) is 4.05. The number of nitrogens with one attached hydrogen (secondary N) is 1. The van der Waals surface area contributed by atoms with Gasteiger partial charge < -0.3 is 19.7 Å². The first-order valence-electron chi connectivity index (χ1n) is 10.2.